The number of carbonyl (C=O) groups excluding carboxylic acids is 2. The van der Waals surface area contributed by atoms with Gasteiger partial charge >= 0.3 is 12.1 Å². The molecule has 2 aliphatic rings. The fraction of sp³-hybridized carbons (Fsp3) is 0.333. The van der Waals surface area contributed by atoms with E-state index in [9.17, 15) is 27.6 Å². The largest absolute Gasteiger partial charge is 0.478 e. The second-order valence-corrected chi connectivity index (χ2v) is 12.5. The van der Waals surface area contributed by atoms with Gasteiger partial charge in [0.1, 0.15) is 5.54 Å². The van der Waals surface area contributed by atoms with E-state index in [-0.39, 0.29) is 11.8 Å². The lowest BCUT2D eigenvalue weighted by Crippen LogP contribution is -2.55. The van der Waals surface area contributed by atoms with Gasteiger partial charge < -0.3 is 20.3 Å². The first-order valence-corrected chi connectivity index (χ1v) is 15.8. The minimum atomic E-state index is -4.49. The number of aliphatic carboxylic acids is 1. The number of hydrogen-bond donors (Lipinski definition) is 3. The Hall–Kier alpha value is -4.93. The van der Waals surface area contributed by atoms with Gasteiger partial charge in [0, 0.05) is 41.5 Å². The van der Waals surface area contributed by atoms with Crippen LogP contribution >= 0.6 is 0 Å². The summed E-state index contributed by atoms with van der Waals surface area (Å²) in [5, 5.41) is 15.7. The van der Waals surface area contributed by atoms with E-state index in [1.54, 1.807) is 36.4 Å². The quantitative estimate of drug-likeness (QED) is 0.170. The third-order valence-corrected chi connectivity index (χ3v) is 9.43. The zero-order valence-electron chi connectivity index (χ0n) is 25.9. The van der Waals surface area contributed by atoms with Crippen molar-refractivity contribution in [2.45, 2.75) is 69.0 Å². The van der Waals surface area contributed by atoms with Crippen LogP contribution in [0.4, 0.5) is 18.9 Å². The van der Waals surface area contributed by atoms with E-state index in [1.165, 1.54) is 12.1 Å². The average Bonchev–Trinajstić information content (AvgIpc) is 3.81. The Morgan fingerprint density at radius 2 is 1.68 bits per heavy atom. The first kappa shape index (κ1) is 32.0. The molecular weight excluding hydrogens is 609 g/mol. The average molecular weight is 645 g/mol. The normalized spacial score (nSPS) is 16.6. The number of pyridine rings is 1. The molecule has 2 fully saturated rings. The minimum Gasteiger partial charge on any atom is -0.478 e. The predicted molar refractivity (Wildman–Crippen MR) is 173 cm³/mol. The molecule has 47 heavy (non-hydrogen) atoms. The van der Waals surface area contributed by atoms with Crippen LogP contribution in [0.2, 0.25) is 0 Å². The van der Waals surface area contributed by atoms with Gasteiger partial charge in [0.05, 0.1) is 17.0 Å². The third-order valence-electron chi connectivity index (χ3n) is 9.43. The number of amides is 2. The number of carboxylic acids is 1. The summed E-state index contributed by atoms with van der Waals surface area (Å²) in [7, 11) is 1.84. The summed E-state index contributed by atoms with van der Waals surface area (Å²) >= 11 is 0. The van der Waals surface area contributed by atoms with Gasteiger partial charge in [-0.05, 0) is 85.2 Å². The number of aromatic nitrogens is 2. The lowest BCUT2D eigenvalue weighted by Gasteiger charge is -2.29. The Kier molecular flexibility index (Phi) is 8.65. The van der Waals surface area contributed by atoms with Crippen LogP contribution < -0.4 is 10.6 Å². The summed E-state index contributed by atoms with van der Waals surface area (Å²) in [4.78, 5) is 42.4. The summed E-state index contributed by atoms with van der Waals surface area (Å²) in [6, 6.07) is 14.6. The Morgan fingerprint density at radius 3 is 2.30 bits per heavy atom. The number of halogens is 3. The van der Waals surface area contributed by atoms with E-state index in [0.717, 1.165) is 79.0 Å². The van der Waals surface area contributed by atoms with Crippen LogP contribution in [0.1, 0.15) is 84.3 Å². The first-order valence-electron chi connectivity index (χ1n) is 15.8. The molecule has 2 aromatic heterocycles. The van der Waals surface area contributed by atoms with Gasteiger partial charge in [0.15, 0.2) is 0 Å². The Bertz CT molecular complexity index is 1850. The molecule has 0 aliphatic heterocycles. The van der Waals surface area contributed by atoms with Crippen LogP contribution in [-0.2, 0) is 22.8 Å². The molecular formula is C36H35F3N4O4. The van der Waals surface area contributed by atoms with Gasteiger partial charge in [0.2, 0.25) is 5.91 Å². The maximum atomic E-state index is 13.8. The minimum absolute atomic E-state index is 0.227. The van der Waals surface area contributed by atoms with Crippen molar-refractivity contribution in [3.63, 3.8) is 0 Å². The van der Waals surface area contributed by atoms with Crippen LogP contribution in [0.25, 0.3) is 28.4 Å². The van der Waals surface area contributed by atoms with Gasteiger partial charge in [-0.1, -0.05) is 43.9 Å². The topological polar surface area (TPSA) is 113 Å². The molecule has 0 spiro atoms. The highest BCUT2D eigenvalue weighted by atomic mass is 19.4. The molecule has 6 rings (SSSR count). The molecule has 2 saturated carbocycles. The van der Waals surface area contributed by atoms with Crippen LogP contribution in [-0.4, -0.2) is 38.0 Å². The number of alkyl halides is 3. The highest BCUT2D eigenvalue weighted by Gasteiger charge is 2.43. The van der Waals surface area contributed by atoms with Crippen LogP contribution in [0, 0.1) is 0 Å². The molecule has 2 aromatic carbocycles. The maximum absolute atomic E-state index is 13.8. The highest BCUT2D eigenvalue weighted by molar-refractivity contribution is 6.05. The van der Waals surface area contributed by atoms with Crippen molar-refractivity contribution in [2.24, 2.45) is 7.05 Å². The number of anilines is 1. The summed E-state index contributed by atoms with van der Waals surface area (Å²) in [5.74, 6) is -1.55. The van der Waals surface area contributed by atoms with Crippen molar-refractivity contribution in [3.8, 4) is 11.4 Å². The van der Waals surface area contributed by atoms with Gasteiger partial charge in [-0.15, -0.1) is 0 Å². The molecule has 2 heterocycles. The first-order chi connectivity index (χ1) is 22.4. The monoisotopic (exact) mass is 644 g/mol. The standard InChI is InChI=1S/C36H35F3N4O4/c1-43-29-20-24(11-15-27(29)31(23-6-2-3-7-23)32(43)28-16-12-25(21-40-28)36(37,38)39)33(46)42-35(18-4-5-19-35)34(47)41-26-13-8-22(9-14-26)10-17-30(44)45/h8-17,20-21,23H,2-7,18-19H2,1H3,(H,41,47)(H,42,46)(H,44,45)/b17-10+. The second-order valence-electron chi connectivity index (χ2n) is 12.5. The molecule has 244 valence electrons. The van der Waals surface area contributed by atoms with Crippen molar-refractivity contribution >= 4 is 40.4 Å². The van der Waals surface area contributed by atoms with Crippen molar-refractivity contribution in [1.29, 1.82) is 0 Å². The van der Waals surface area contributed by atoms with Gasteiger partial charge in [0.25, 0.3) is 5.91 Å². The van der Waals surface area contributed by atoms with Gasteiger partial charge in [-0.25, -0.2) is 4.79 Å². The molecule has 0 unspecified atom stereocenters. The number of nitrogens with one attached hydrogen (secondary N) is 2. The summed E-state index contributed by atoms with van der Waals surface area (Å²) in [6.07, 6.45) is 5.44. The van der Waals surface area contributed by atoms with Crippen LogP contribution in [0.5, 0.6) is 0 Å². The predicted octanol–water partition coefficient (Wildman–Crippen LogP) is 7.70. The molecule has 11 heteroatoms. The summed E-state index contributed by atoms with van der Waals surface area (Å²) < 4.78 is 41.7. The zero-order chi connectivity index (χ0) is 33.3. The highest BCUT2D eigenvalue weighted by Crippen LogP contribution is 2.44. The molecule has 8 nitrogen and oxygen atoms in total. The fourth-order valence-electron chi connectivity index (χ4n) is 7.02. The van der Waals surface area contributed by atoms with Crippen molar-refractivity contribution < 1.29 is 32.7 Å². The van der Waals surface area contributed by atoms with Crippen molar-refractivity contribution in [1.82, 2.24) is 14.9 Å². The summed E-state index contributed by atoms with van der Waals surface area (Å²) in [6.45, 7) is 0. The molecule has 2 amide bonds. The van der Waals surface area contributed by atoms with E-state index in [1.807, 2.05) is 17.7 Å². The van der Waals surface area contributed by atoms with Crippen LogP contribution in [0.15, 0.2) is 66.9 Å². The third kappa shape index (κ3) is 6.52. The number of aryl methyl sites for hydroxylation is 1. The van der Waals surface area contributed by atoms with E-state index in [2.05, 4.69) is 15.6 Å². The second kappa shape index (κ2) is 12.7. The molecule has 0 radical (unpaired) electrons. The number of carboxylic acid groups (broad SMARTS) is 1. The lowest BCUT2D eigenvalue weighted by atomic mass is 9.92. The van der Waals surface area contributed by atoms with Crippen LogP contribution in [0.3, 0.4) is 0 Å². The zero-order valence-corrected chi connectivity index (χ0v) is 25.9. The Labute approximate surface area is 269 Å². The molecule has 2 aliphatic carbocycles. The Balaban J connectivity index is 1.28. The number of rotatable bonds is 8. The maximum Gasteiger partial charge on any atom is 0.417 e. The molecule has 0 atom stereocenters. The molecule has 0 saturated heterocycles. The number of nitrogens with zero attached hydrogens (tertiary/aromatic N) is 2. The van der Waals surface area contributed by atoms with E-state index < -0.39 is 29.2 Å². The SMILES string of the molecule is Cn1c(-c2ccc(C(F)(F)F)cn2)c(C2CCCC2)c2ccc(C(=O)NC3(C(=O)Nc4ccc(/C=C/C(=O)O)cc4)CCCC3)cc21. The van der Waals surface area contributed by atoms with E-state index in [0.29, 0.717) is 35.3 Å². The van der Waals surface area contributed by atoms with Gasteiger partial charge in [-0.3, -0.25) is 14.6 Å². The molecule has 4 aromatic rings. The lowest BCUT2D eigenvalue weighted by molar-refractivity contribution is -0.138. The smallest absolute Gasteiger partial charge is 0.417 e. The van der Waals surface area contributed by atoms with E-state index >= 15 is 0 Å². The molecule has 3 N–H and O–H groups in total. The van der Waals surface area contributed by atoms with Crippen molar-refractivity contribution in [2.75, 3.05) is 5.32 Å². The number of fused-ring (bicyclic) bond motifs is 1. The number of carbonyl (C=O) groups is 3. The molecule has 0 bridgehead atoms. The number of benzene rings is 2. The fourth-order valence-corrected chi connectivity index (χ4v) is 7.02. The Morgan fingerprint density at radius 1 is 0.979 bits per heavy atom. The van der Waals surface area contributed by atoms with E-state index in [4.69, 9.17) is 5.11 Å². The summed E-state index contributed by atoms with van der Waals surface area (Å²) in [5.41, 5.74) is 2.63. The van der Waals surface area contributed by atoms with Gasteiger partial charge in [-0.2, -0.15) is 13.2 Å². The number of hydrogen-bond acceptors (Lipinski definition) is 4. The van der Waals surface area contributed by atoms with Crippen molar-refractivity contribution in [3.05, 3.63) is 89.1 Å².